The zero-order chi connectivity index (χ0) is 20.8. The molecule has 0 spiro atoms. The Morgan fingerprint density at radius 3 is 2.83 bits per heavy atom. The van der Waals surface area contributed by atoms with Gasteiger partial charge in [-0.05, 0) is 37.0 Å². The summed E-state index contributed by atoms with van der Waals surface area (Å²) < 4.78 is 5.40. The predicted molar refractivity (Wildman–Crippen MR) is 116 cm³/mol. The van der Waals surface area contributed by atoms with Crippen LogP contribution in [0.1, 0.15) is 53.1 Å². The first-order valence-electron chi connectivity index (χ1n) is 10.0. The van der Waals surface area contributed by atoms with E-state index >= 15 is 0 Å². The highest BCUT2D eigenvalue weighted by Gasteiger charge is 2.25. The van der Waals surface area contributed by atoms with E-state index in [0.717, 1.165) is 43.0 Å². The van der Waals surface area contributed by atoms with Gasteiger partial charge in [-0.25, -0.2) is 4.98 Å². The molecule has 2 heterocycles. The second kappa shape index (κ2) is 9.84. The number of rotatable bonds is 8. The van der Waals surface area contributed by atoms with E-state index in [1.54, 1.807) is 18.6 Å². The van der Waals surface area contributed by atoms with Crippen LogP contribution in [0.25, 0.3) is 0 Å². The van der Waals surface area contributed by atoms with E-state index in [9.17, 15) is 9.59 Å². The summed E-state index contributed by atoms with van der Waals surface area (Å²) in [4.78, 5) is 31.9. The first kappa shape index (κ1) is 21.3. The van der Waals surface area contributed by atoms with Crippen molar-refractivity contribution in [2.75, 3.05) is 37.0 Å². The Kier molecular flexibility index (Phi) is 7.22. The molecule has 29 heavy (non-hydrogen) atoms. The molecule has 1 aromatic heterocycles. The first-order valence-corrected chi connectivity index (χ1v) is 10.9. The van der Waals surface area contributed by atoms with E-state index in [2.05, 4.69) is 20.5 Å². The number of carbonyl (C=O) groups is 2. The number of carbonyl (C=O) groups excluding carboxylic acids is 2. The molecule has 8 heteroatoms. The zero-order valence-corrected chi connectivity index (χ0v) is 18.0. The molecule has 1 saturated heterocycles. The number of nitrogens with one attached hydrogen (secondary N) is 2. The molecule has 1 aromatic carbocycles. The number of nitrogens with zero attached hydrogens (tertiary/aromatic N) is 2. The Morgan fingerprint density at radius 2 is 2.14 bits per heavy atom. The van der Waals surface area contributed by atoms with Gasteiger partial charge in [-0.15, -0.1) is 11.3 Å². The highest BCUT2D eigenvalue weighted by atomic mass is 32.1. The smallest absolute Gasteiger partial charge is 0.275 e. The maximum absolute atomic E-state index is 12.8. The fourth-order valence-electron chi connectivity index (χ4n) is 3.24. The van der Waals surface area contributed by atoms with Gasteiger partial charge in [0, 0.05) is 32.1 Å². The normalized spacial score (nSPS) is 16.1. The zero-order valence-electron chi connectivity index (χ0n) is 17.2. The molecule has 3 rings (SSSR count). The average Bonchev–Trinajstić information content (AvgIpc) is 3.41. The maximum atomic E-state index is 12.8. The Morgan fingerprint density at radius 1 is 1.31 bits per heavy atom. The molecule has 2 aromatic rings. The summed E-state index contributed by atoms with van der Waals surface area (Å²) in [5.74, 6) is -0.497. The minimum absolute atomic E-state index is 0.181. The lowest BCUT2D eigenvalue weighted by atomic mass is 10.1. The molecule has 2 N–H and O–H groups in total. The number of hydrogen-bond acceptors (Lipinski definition) is 6. The third kappa shape index (κ3) is 5.13. The van der Waals surface area contributed by atoms with Gasteiger partial charge < -0.3 is 20.3 Å². The van der Waals surface area contributed by atoms with Crippen molar-refractivity contribution in [2.45, 2.75) is 39.2 Å². The summed E-state index contributed by atoms with van der Waals surface area (Å²) in [6.07, 6.45) is 2.83. The third-order valence-electron chi connectivity index (χ3n) is 4.99. The van der Waals surface area contributed by atoms with Crippen LogP contribution < -0.4 is 15.5 Å². The highest BCUT2D eigenvalue weighted by Crippen LogP contribution is 2.26. The minimum atomic E-state index is -0.316. The molecule has 0 bridgehead atoms. The predicted octanol–water partition coefficient (Wildman–Crippen LogP) is 3.32. The molecule has 0 unspecified atom stereocenters. The number of aryl methyl sites for hydroxylation is 1. The maximum Gasteiger partial charge on any atom is 0.275 e. The molecule has 0 saturated carbocycles. The monoisotopic (exact) mass is 416 g/mol. The van der Waals surface area contributed by atoms with Crippen LogP contribution in [-0.4, -0.2) is 49.6 Å². The van der Waals surface area contributed by atoms with Crippen LogP contribution in [0.5, 0.6) is 0 Å². The van der Waals surface area contributed by atoms with Crippen molar-refractivity contribution >= 4 is 34.0 Å². The van der Waals surface area contributed by atoms with Crippen LogP contribution in [0.2, 0.25) is 0 Å². The van der Waals surface area contributed by atoms with Crippen LogP contribution in [0.15, 0.2) is 23.6 Å². The van der Waals surface area contributed by atoms with Crippen molar-refractivity contribution in [1.29, 1.82) is 0 Å². The fraction of sp³-hybridized carbons (Fsp3) is 0.476. The lowest BCUT2D eigenvalue weighted by molar-refractivity contribution is 0.0954. The first-order chi connectivity index (χ1) is 14.0. The number of benzene rings is 1. The van der Waals surface area contributed by atoms with Crippen LogP contribution >= 0.6 is 11.3 Å². The standard InChI is InChI=1S/C21H28N4O3S/c1-4-9-22-19(26)16-11-14(5-2)6-7-17(16)23-20(27)18-13-29-21(24-18)25-10-8-15(12-25)28-3/h6-7,11,13,15H,4-5,8-10,12H2,1-3H3,(H,22,26)(H,23,27)/t15-/m0/s1. The topological polar surface area (TPSA) is 83.6 Å². The number of ether oxygens (including phenoxy) is 1. The largest absolute Gasteiger partial charge is 0.380 e. The molecule has 0 aliphatic carbocycles. The van der Waals surface area contributed by atoms with Crippen molar-refractivity contribution < 1.29 is 14.3 Å². The number of thiazole rings is 1. The second-order valence-electron chi connectivity index (χ2n) is 7.05. The van der Waals surface area contributed by atoms with Crippen molar-refractivity contribution in [2.24, 2.45) is 0 Å². The van der Waals surface area contributed by atoms with Gasteiger partial charge in [-0.2, -0.15) is 0 Å². The molecular formula is C21H28N4O3S. The van der Waals surface area contributed by atoms with E-state index in [1.165, 1.54) is 11.3 Å². The Hall–Kier alpha value is -2.45. The van der Waals surface area contributed by atoms with Gasteiger partial charge >= 0.3 is 0 Å². The Balaban J connectivity index is 1.74. The van der Waals surface area contributed by atoms with Gasteiger partial charge in [-0.1, -0.05) is 19.9 Å². The summed E-state index contributed by atoms with van der Waals surface area (Å²) >= 11 is 1.45. The van der Waals surface area contributed by atoms with Crippen LogP contribution in [0.3, 0.4) is 0 Å². The number of aromatic nitrogens is 1. The molecule has 0 radical (unpaired) electrons. The molecule has 1 aliphatic rings. The fourth-order valence-corrected chi connectivity index (χ4v) is 4.08. The van der Waals surface area contributed by atoms with E-state index in [4.69, 9.17) is 4.74 Å². The number of amides is 2. The second-order valence-corrected chi connectivity index (χ2v) is 7.89. The Labute approximate surface area is 175 Å². The lowest BCUT2D eigenvalue weighted by Crippen LogP contribution is -2.26. The molecule has 1 aliphatic heterocycles. The molecule has 1 atom stereocenters. The van der Waals surface area contributed by atoms with Gasteiger partial charge in [0.1, 0.15) is 5.69 Å². The summed E-state index contributed by atoms with van der Waals surface area (Å²) in [6, 6.07) is 5.55. The van der Waals surface area contributed by atoms with Gasteiger partial charge in [0.05, 0.1) is 17.4 Å². The van der Waals surface area contributed by atoms with Gasteiger partial charge in [0.15, 0.2) is 5.13 Å². The van der Waals surface area contributed by atoms with Crippen molar-refractivity contribution in [1.82, 2.24) is 10.3 Å². The SMILES string of the molecule is CCCNC(=O)c1cc(CC)ccc1NC(=O)c1csc(N2CC[C@H](OC)C2)n1. The molecule has 156 valence electrons. The summed E-state index contributed by atoms with van der Waals surface area (Å²) in [6.45, 7) is 6.28. The van der Waals surface area contributed by atoms with Crippen molar-refractivity contribution in [3.05, 3.63) is 40.4 Å². The third-order valence-corrected chi connectivity index (χ3v) is 5.90. The van der Waals surface area contributed by atoms with Crippen LogP contribution in [0.4, 0.5) is 10.8 Å². The number of methoxy groups -OCH3 is 1. The molecular weight excluding hydrogens is 388 g/mol. The quantitative estimate of drug-likeness (QED) is 0.690. The van der Waals surface area contributed by atoms with Gasteiger partial charge in [0.25, 0.3) is 11.8 Å². The van der Waals surface area contributed by atoms with E-state index in [0.29, 0.717) is 23.5 Å². The van der Waals surface area contributed by atoms with Crippen molar-refractivity contribution in [3.63, 3.8) is 0 Å². The van der Waals surface area contributed by atoms with Crippen molar-refractivity contribution in [3.8, 4) is 0 Å². The van der Waals surface area contributed by atoms with E-state index in [1.807, 2.05) is 26.0 Å². The molecule has 7 nitrogen and oxygen atoms in total. The van der Waals surface area contributed by atoms with Crippen LogP contribution in [0, 0.1) is 0 Å². The summed E-state index contributed by atoms with van der Waals surface area (Å²) in [5.41, 5.74) is 2.37. The minimum Gasteiger partial charge on any atom is -0.380 e. The highest BCUT2D eigenvalue weighted by molar-refractivity contribution is 7.14. The van der Waals surface area contributed by atoms with Gasteiger partial charge in [0.2, 0.25) is 0 Å². The summed E-state index contributed by atoms with van der Waals surface area (Å²) in [5, 5.41) is 8.31. The number of hydrogen-bond donors (Lipinski definition) is 2. The van der Waals surface area contributed by atoms with Gasteiger partial charge in [-0.3, -0.25) is 9.59 Å². The average molecular weight is 417 g/mol. The molecule has 1 fully saturated rings. The Bertz CT molecular complexity index is 867. The number of anilines is 2. The van der Waals surface area contributed by atoms with Crippen LogP contribution in [-0.2, 0) is 11.2 Å². The summed E-state index contributed by atoms with van der Waals surface area (Å²) in [7, 11) is 1.72. The van der Waals surface area contributed by atoms with E-state index in [-0.39, 0.29) is 17.9 Å². The molecule has 2 amide bonds. The van der Waals surface area contributed by atoms with E-state index < -0.39 is 0 Å². The lowest BCUT2D eigenvalue weighted by Gasteiger charge is -2.14.